The molecule has 1 rings (SSSR count). The van der Waals surface area contributed by atoms with E-state index in [0.717, 1.165) is 5.75 Å². The predicted molar refractivity (Wildman–Crippen MR) is 141 cm³/mol. The van der Waals surface area contributed by atoms with Crippen LogP contribution in [0.4, 0.5) is 0 Å². The van der Waals surface area contributed by atoms with Crippen LogP contribution in [0.25, 0.3) is 0 Å². The van der Waals surface area contributed by atoms with Gasteiger partial charge < -0.3 is 39.5 Å². The second-order valence-corrected chi connectivity index (χ2v) is 17.3. The predicted octanol–water partition coefficient (Wildman–Crippen LogP) is 5.42. The molecule has 0 aromatic heterocycles. The Bertz CT molecular complexity index is 703. The second-order valence-electron chi connectivity index (χ2n) is 9.48. The molecule has 0 saturated heterocycles. The highest BCUT2D eigenvalue weighted by atomic mass is 28.5. The summed E-state index contributed by atoms with van der Waals surface area (Å²) < 4.78 is 55.8. The van der Waals surface area contributed by atoms with Gasteiger partial charge in [-0.25, -0.2) is 0 Å². The maximum absolute atomic E-state index is 6.60. The molecule has 0 N–H and O–H groups in total. The van der Waals surface area contributed by atoms with Crippen molar-refractivity contribution in [3.63, 3.8) is 0 Å². The molecule has 1 aromatic carbocycles. The average Bonchev–Trinajstić information content (AvgIpc) is 2.65. The molecule has 1 atom stereocenters. The summed E-state index contributed by atoms with van der Waals surface area (Å²) in [6.45, 7) is 21.2. The lowest BCUT2D eigenvalue weighted by Crippen LogP contribution is -2.67. The van der Waals surface area contributed by atoms with E-state index in [2.05, 4.69) is 0 Å². The monoisotopic (exact) mass is 550 g/mol. The zero-order valence-electron chi connectivity index (χ0n) is 23.5. The minimum absolute atomic E-state index is 0.229. The topological polar surface area (TPSA) is 83.1 Å². The first kappa shape index (κ1) is 32.2. The summed E-state index contributed by atoms with van der Waals surface area (Å²) in [5.74, 6) is 1.38. The molecule has 0 unspecified atom stereocenters. The molecular weight excluding hydrogens is 505 g/mol. The van der Waals surface area contributed by atoms with Gasteiger partial charge in [0, 0.05) is 31.0 Å². The van der Waals surface area contributed by atoms with E-state index in [1.165, 1.54) is 0 Å². The molecule has 0 radical (unpaired) electrons. The number of rotatable bonds is 17. The van der Waals surface area contributed by atoms with Crippen LogP contribution in [0.5, 0.6) is 11.5 Å². The third kappa shape index (κ3) is 11.9. The van der Waals surface area contributed by atoms with Crippen molar-refractivity contribution in [2.75, 3.05) is 13.7 Å². The molecule has 1 aromatic rings. The molecule has 0 bridgehead atoms. The number of methoxy groups -OCH3 is 1. The van der Waals surface area contributed by atoms with Gasteiger partial charge in [0.05, 0.1) is 7.11 Å². The Labute approximate surface area is 215 Å². The first-order chi connectivity index (χ1) is 16.2. The van der Waals surface area contributed by atoms with Gasteiger partial charge in [0.2, 0.25) is 0 Å². The molecule has 0 aliphatic heterocycles. The smallest absolute Gasteiger partial charge is 0.521 e. The van der Waals surface area contributed by atoms with Gasteiger partial charge in [-0.15, -0.1) is 0 Å². The van der Waals surface area contributed by atoms with Gasteiger partial charge in [-0.3, -0.25) is 0 Å². The first-order valence-corrected chi connectivity index (χ1v) is 18.3. The third-order valence-electron chi connectivity index (χ3n) is 3.89. The fourth-order valence-electron chi connectivity index (χ4n) is 3.05. The Morgan fingerprint density at radius 2 is 1.03 bits per heavy atom. The van der Waals surface area contributed by atoms with Crippen LogP contribution < -0.4 is 9.16 Å². The fraction of sp³-hybridized carbons (Fsp3) is 0.739. The maximum atomic E-state index is 6.60. The summed E-state index contributed by atoms with van der Waals surface area (Å²) in [5.41, 5.74) is 0. The van der Waals surface area contributed by atoms with E-state index in [-0.39, 0.29) is 24.4 Å². The van der Waals surface area contributed by atoms with Crippen molar-refractivity contribution in [3.8, 4) is 11.5 Å². The van der Waals surface area contributed by atoms with E-state index in [1.54, 1.807) is 7.11 Å². The number of hydrogen-bond donors (Lipinski definition) is 0. The number of hydrogen-bond acceptors (Lipinski definition) is 9. The van der Waals surface area contributed by atoms with Crippen molar-refractivity contribution < 1.29 is 39.5 Å². The Balaban J connectivity index is 3.44. The Morgan fingerprint density at radius 3 is 1.40 bits per heavy atom. The minimum Gasteiger partial charge on any atom is -0.521 e. The highest BCUT2D eigenvalue weighted by Crippen LogP contribution is 2.30. The van der Waals surface area contributed by atoms with Gasteiger partial charge >= 0.3 is 26.7 Å². The normalized spacial score (nSPS) is 14.7. The molecule has 0 spiro atoms. The summed E-state index contributed by atoms with van der Waals surface area (Å²) in [6.07, 6.45) is -0.949. The molecule has 0 aliphatic rings. The highest BCUT2D eigenvalue weighted by Gasteiger charge is 2.63. The summed E-state index contributed by atoms with van der Waals surface area (Å²) >= 11 is 0. The minimum atomic E-state index is -3.90. The lowest BCUT2D eigenvalue weighted by Gasteiger charge is -2.41. The fourth-order valence-corrected chi connectivity index (χ4v) is 12.4. The molecule has 204 valence electrons. The Morgan fingerprint density at radius 1 is 0.629 bits per heavy atom. The lowest BCUT2D eigenvalue weighted by atomic mass is 10.3. The van der Waals surface area contributed by atoms with Crippen molar-refractivity contribution in [2.24, 2.45) is 0 Å². The van der Waals surface area contributed by atoms with Crippen LogP contribution in [0.2, 0.25) is 13.1 Å². The van der Waals surface area contributed by atoms with E-state index >= 15 is 0 Å². The van der Waals surface area contributed by atoms with Gasteiger partial charge in [0.15, 0.2) is 0 Å². The van der Waals surface area contributed by atoms with Crippen molar-refractivity contribution in [2.45, 2.75) is 99.8 Å². The van der Waals surface area contributed by atoms with E-state index in [4.69, 9.17) is 39.5 Å². The van der Waals surface area contributed by atoms with Gasteiger partial charge in [-0.1, -0.05) is 0 Å². The molecule has 0 saturated carbocycles. The zero-order valence-corrected chi connectivity index (χ0v) is 26.5. The van der Waals surface area contributed by atoms with Gasteiger partial charge in [0.25, 0.3) is 0 Å². The standard InChI is InChI=1S/C23H46O9Si3/c1-13-25-34(26-18(2)3,31-33(11,12)30-23-16-14-22(24-10)15-17-23)32-35(27-19(4)5,28-20(6)7)29-21(8)9/h14-21H,13H2,1-12H3/t34-/m0/s1. The second kappa shape index (κ2) is 14.2. The highest BCUT2D eigenvalue weighted by molar-refractivity contribution is 6.78. The molecule has 12 heteroatoms. The van der Waals surface area contributed by atoms with Crippen molar-refractivity contribution in [1.29, 1.82) is 0 Å². The average molecular weight is 551 g/mol. The van der Waals surface area contributed by atoms with Gasteiger partial charge in [-0.05, 0) is 99.7 Å². The van der Waals surface area contributed by atoms with Crippen LogP contribution >= 0.6 is 0 Å². The Hall–Kier alpha value is -0.809. The summed E-state index contributed by atoms with van der Waals surface area (Å²) in [6, 6.07) is 7.32. The lowest BCUT2D eigenvalue weighted by molar-refractivity contribution is -0.0864. The molecule has 0 heterocycles. The molecule has 9 nitrogen and oxygen atoms in total. The van der Waals surface area contributed by atoms with E-state index < -0.39 is 26.7 Å². The Kier molecular flexibility index (Phi) is 13.1. The van der Waals surface area contributed by atoms with E-state index in [0.29, 0.717) is 12.4 Å². The number of ether oxygens (including phenoxy) is 1. The van der Waals surface area contributed by atoms with Crippen LogP contribution in [0.1, 0.15) is 62.3 Å². The van der Waals surface area contributed by atoms with Crippen molar-refractivity contribution in [1.82, 2.24) is 0 Å². The van der Waals surface area contributed by atoms with Crippen LogP contribution in [0, 0.1) is 0 Å². The van der Waals surface area contributed by atoms with Crippen LogP contribution in [-0.2, 0) is 30.4 Å². The van der Waals surface area contributed by atoms with E-state index in [1.807, 2.05) is 99.7 Å². The van der Waals surface area contributed by atoms with Crippen LogP contribution in [-0.4, -0.2) is 64.8 Å². The van der Waals surface area contributed by atoms with Gasteiger partial charge in [0.1, 0.15) is 11.5 Å². The zero-order chi connectivity index (χ0) is 26.9. The van der Waals surface area contributed by atoms with Crippen LogP contribution in [0.3, 0.4) is 0 Å². The first-order valence-electron chi connectivity index (χ1n) is 12.2. The quantitative estimate of drug-likeness (QED) is 0.236. The van der Waals surface area contributed by atoms with Crippen molar-refractivity contribution in [3.05, 3.63) is 24.3 Å². The number of benzene rings is 1. The molecule has 0 amide bonds. The SMILES string of the molecule is CCO[Si@](OC(C)C)(O[Si](C)(C)Oc1ccc(OC)cc1)O[Si](OC(C)C)(OC(C)C)OC(C)C. The van der Waals surface area contributed by atoms with Gasteiger partial charge in [-0.2, -0.15) is 0 Å². The maximum Gasteiger partial charge on any atom is 0.674 e. The summed E-state index contributed by atoms with van der Waals surface area (Å²) in [7, 11) is -9.00. The molecule has 0 fully saturated rings. The molecule has 35 heavy (non-hydrogen) atoms. The van der Waals surface area contributed by atoms with Crippen molar-refractivity contribution >= 4 is 26.7 Å². The third-order valence-corrected chi connectivity index (χ3v) is 13.3. The van der Waals surface area contributed by atoms with E-state index in [9.17, 15) is 0 Å². The molecular formula is C23H46O9Si3. The summed E-state index contributed by atoms with van der Waals surface area (Å²) in [5, 5.41) is 0. The summed E-state index contributed by atoms with van der Waals surface area (Å²) in [4.78, 5) is 0. The molecule has 0 aliphatic carbocycles. The largest absolute Gasteiger partial charge is 0.674 e. The van der Waals surface area contributed by atoms with Crippen LogP contribution in [0.15, 0.2) is 24.3 Å².